The van der Waals surface area contributed by atoms with Crippen LogP contribution >= 0.6 is 11.6 Å². The predicted molar refractivity (Wildman–Crippen MR) is 58.5 cm³/mol. The largest absolute Gasteiger partial charge is 0.317 e. The Balaban J connectivity index is 1.92. The molecule has 0 aliphatic carbocycles. The molecule has 0 saturated carbocycles. The lowest BCUT2D eigenvalue weighted by molar-refractivity contribution is 0.370. The smallest absolute Gasteiger partial charge is 0.0589 e. The maximum absolute atomic E-state index is 5.78. The molecule has 0 spiro atoms. The van der Waals surface area contributed by atoms with E-state index in [4.69, 9.17) is 11.6 Å². The number of nitrogens with zero attached hydrogens (tertiary/aromatic N) is 1. The third-order valence-electron chi connectivity index (χ3n) is 2.75. The van der Waals surface area contributed by atoms with Crippen molar-refractivity contribution in [3.63, 3.8) is 0 Å². The quantitative estimate of drug-likeness (QED) is 0.810. The van der Waals surface area contributed by atoms with E-state index in [0.29, 0.717) is 0 Å². The maximum atomic E-state index is 5.78. The molecular weight excluding hydrogens is 196 g/mol. The Morgan fingerprint density at radius 3 is 2.79 bits per heavy atom. The number of rotatable bonds is 2. The fourth-order valence-electron chi connectivity index (χ4n) is 1.91. The first-order valence-electron chi connectivity index (χ1n) is 5.16. The van der Waals surface area contributed by atoms with E-state index in [-0.39, 0.29) is 0 Å². The Bertz CT molecular complexity index is 278. The minimum Gasteiger partial charge on any atom is -0.317 e. The van der Waals surface area contributed by atoms with Crippen LogP contribution in [0.2, 0.25) is 5.02 Å². The number of piperidine rings is 1. The number of halogens is 1. The van der Waals surface area contributed by atoms with Gasteiger partial charge in [-0.25, -0.2) is 0 Å². The normalized spacial score (nSPS) is 18.4. The molecule has 3 heteroatoms. The first-order valence-corrected chi connectivity index (χ1v) is 5.53. The standard InChI is InChI=1S/C11H15ClN2/c12-10-1-2-11(14-8-10)7-9-3-5-13-6-4-9/h1-2,8-9,13H,3-7H2. The number of aromatic nitrogens is 1. The molecular formula is C11H15ClN2. The van der Waals surface area contributed by atoms with E-state index in [1.807, 2.05) is 12.1 Å². The molecule has 0 aromatic carbocycles. The van der Waals surface area contributed by atoms with Gasteiger partial charge in [-0.3, -0.25) is 4.98 Å². The fourth-order valence-corrected chi connectivity index (χ4v) is 2.02. The van der Waals surface area contributed by atoms with Gasteiger partial charge in [0.15, 0.2) is 0 Å². The van der Waals surface area contributed by atoms with E-state index in [9.17, 15) is 0 Å². The molecule has 0 unspecified atom stereocenters. The highest BCUT2D eigenvalue weighted by molar-refractivity contribution is 6.30. The predicted octanol–water partition coefficient (Wildman–Crippen LogP) is 2.28. The van der Waals surface area contributed by atoms with E-state index >= 15 is 0 Å². The van der Waals surface area contributed by atoms with Crippen molar-refractivity contribution in [3.8, 4) is 0 Å². The van der Waals surface area contributed by atoms with Crippen LogP contribution in [0.25, 0.3) is 0 Å². The highest BCUT2D eigenvalue weighted by atomic mass is 35.5. The molecule has 76 valence electrons. The van der Waals surface area contributed by atoms with Crippen LogP contribution in [0.1, 0.15) is 18.5 Å². The second-order valence-corrected chi connectivity index (χ2v) is 4.30. The van der Waals surface area contributed by atoms with Gasteiger partial charge in [0.05, 0.1) is 5.02 Å². The molecule has 1 fully saturated rings. The summed E-state index contributed by atoms with van der Waals surface area (Å²) >= 11 is 5.78. The van der Waals surface area contributed by atoms with Gasteiger partial charge in [-0.2, -0.15) is 0 Å². The molecule has 2 heterocycles. The number of pyridine rings is 1. The highest BCUT2D eigenvalue weighted by Crippen LogP contribution is 2.17. The number of nitrogens with one attached hydrogen (secondary N) is 1. The Morgan fingerprint density at radius 2 is 2.14 bits per heavy atom. The lowest BCUT2D eigenvalue weighted by Gasteiger charge is -2.21. The van der Waals surface area contributed by atoms with Crippen LogP contribution in [0.4, 0.5) is 0 Å². The van der Waals surface area contributed by atoms with Gasteiger partial charge in [0.2, 0.25) is 0 Å². The van der Waals surface area contributed by atoms with Crippen LogP contribution < -0.4 is 5.32 Å². The van der Waals surface area contributed by atoms with Crippen molar-refractivity contribution >= 4 is 11.6 Å². The Morgan fingerprint density at radius 1 is 1.36 bits per heavy atom. The second kappa shape index (κ2) is 4.76. The summed E-state index contributed by atoms with van der Waals surface area (Å²) in [6.07, 6.45) is 5.37. The summed E-state index contributed by atoms with van der Waals surface area (Å²) in [6.45, 7) is 2.30. The summed E-state index contributed by atoms with van der Waals surface area (Å²) in [7, 11) is 0. The molecule has 0 radical (unpaired) electrons. The van der Waals surface area contributed by atoms with E-state index < -0.39 is 0 Å². The van der Waals surface area contributed by atoms with E-state index in [1.165, 1.54) is 18.5 Å². The van der Waals surface area contributed by atoms with Gasteiger partial charge in [-0.05, 0) is 50.4 Å². The molecule has 0 amide bonds. The van der Waals surface area contributed by atoms with Gasteiger partial charge in [0, 0.05) is 11.9 Å². The Labute approximate surface area is 89.7 Å². The second-order valence-electron chi connectivity index (χ2n) is 3.87. The van der Waals surface area contributed by atoms with Gasteiger partial charge in [0.1, 0.15) is 0 Å². The Kier molecular flexibility index (Phi) is 3.38. The topological polar surface area (TPSA) is 24.9 Å². The molecule has 1 N–H and O–H groups in total. The summed E-state index contributed by atoms with van der Waals surface area (Å²) in [5.74, 6) is 0.796. The summed E-state index contributed by atoms with van der Waals surface area (Å²) in [5, 5.41) is 4.09. The molecule has 2 rings (SSSR count). The minimum atomic E-state index is 0.721. The third kappa shape index (κ3) is 2.69. The van der Waals surface area contributed by atoms with E-state index in [0.717, 1.165) is 30.5 Å². The summed E-state index contributed by atoms with van der Waals surface area (Å²) < 4.78 is 0. The summed E-state index contributed by atoms with van der Waals surface area (Å²) in [6, 6.07) is 3.95. The van der Waals surface area contributed by atoms with Crippen molar-refractivity contribution < 1.29 is 0 Å². The summed E-state index contributed by atoms with van der Waals surface area (Å²) in [4.78, 5) is 4.32. The van der Waals surface area contributed by atoms with Gasteiger partial charge in [-0.15, -0.1) is 0 Å². The zero-order chi connectivity index (χ0) is 9.80. The van der Waals surface area contributed by atoms with Crippen LogP contribution in [0, 0.1) is 5.92 Å². The average molecular weight is 211 g/mol. The minimum absolute atomic E-state index is 0.721. The SMILES string of the molecule is Clc1ccc(CC2CCNCC2)nc1. The molecule has 1 aromatic rings. The molecule has 2 nitrogen and oxygen atoms in total. The van der Waals surface area contributed by atoms with Crippen molar-refractivity contribution in [2.45, 2.75) is 19.3 Å². The fraction of sp³-hybridized carbons (Fsp3) is 0.545. The molecule has 0 atom stereocenters. The third-order valence-corrected chi connectivity index (χ3v) is 2.97. The number of hydrogen-bond acceptors (Lipinski definition) is 2. The van der Waals surface area contributed by atoms with Crippen LogP contribution in [0.15, 0.2) is 18.3 Å². The summed E-state index contributed by atoms with van der Waals surface area (Å²) in [5.41, 5.74) is 1.17. The molecule has 14 heavy (non-hydrogen) atoms. The van der Waals surface area contributed by atoms with Crippen LogP contribution in [-0.4, -0.2) is 18.1 Å². The first-order chi connectivity index (χ1) is 6.84. The van der Waals surface area contributed by atoms with Gasteiger partial charge in [0.25, 0.3) is 0 Å². The molecule has 1 aliphatic heterocycles. The van der Waals surface area contributed by atoms with Gasteiger partial charge in [-0.1, -0.05) is 11.6 Å². The molecule has 0 bridgehead atoms. The zero-order valence-corrected chi connectivity index (χ0v) is 8.93. The molecule has 1 aliphatic rings. The van der Waals surface area contributed by atoms with E-state index in [1.54, 1.807) is 6.20 Å². The van der Waals surface area contributed by atoms with Crippen molar-refractivity contribution in [3.05, 3.63) is 29.0 Å². The van der Waals surface area contributed by atoms with Crippen molar-refractivity contribution in [2.24, 2.45) is 5.92 Å². The van der Waals surface area contributed by atoms with Gasteiger partial charge >= 0.3 is 0 Å². The van der Waals surface area contributed by atoms with Crippen LogP contribution in [0.3, 0.4) is 0 Å². The lowest BCUT2D eigenvalue weighted by atomic mass is 9.93. The van der Waals surface area contributed by atoms with Crippen molar-refractivity contribution in [1.29, 1.82) is 0 Å². The maximum Gasteiger partial charge on any atom is 0.0589 e. The Hall–Kier alpha value is -0.600. The lowest BCUT2D eigenvalue weighted by Crippen LogP contribution is -2.28. The van der Waals surface area contributed by atoms with Crippen LogP contribution in [0.5, 0.6) is 0 Å². The van der Waals surface area contributed by atoms with E-state index in [2.05, 4.69) is 10.3 Å². The highest BCUT2D eigenvalue weighted by Gasteiger charge is 2.13. The first kappa shape index (κ1) is 9.94. The zero-order valence-electron chi connectivity index (χ0n) is 8.17. The van der Waals surface area contributed by atoms with Crippen molar-refractivity contribution in [1.82, 2.24) is 10.3 Å². The molecule has 1 saturated heterocycles. The van der Waals surface area contributed by atoms with Gasteiger partial charge < -0.3 is 5.32 Å². The van der Waals surface area contributed by atoms with Crippen molar-refractivity contribution in [2.75, 3.05) is 13.1 Å². The molecule has 1 aromatic heterocycles. The average Bonchev–Trinajstić information content (AvgIpc) is 2.23. The number of hydrogen-bond donors (Lipinski definition) is 1. The van der Waals surface area contributed by atoms with Crippen LogP contribution in [-0.2, 0) is 6.42 Å². The monoisotopic (exact) mass is 210 g/mol.